The van der Waals surface area contributed by atoms with Crippen LogP contribution in [-0.2, 0) is 4.74 Å². The van der Waals surface area contributed by atoms with E-state index in [0.29, 0.717) is 12.5 Å². The molecule has 0 saturated heterocycles. The lowest BCUT2D eigenvalue weighted by Gasteiger charge is -2.31. The van der Waals surface area contributed by atoms with E-state index in [9.17, 15) is 4.39 Å². The van der Waals surface area contributed by atoms with E-state index in [0.717, 1.165) is 30.8 Å². The number of ether oxygens (including phenoxy) is 1. The van der Waals surface area contributed by atoms with Gasteiger partial charge in [-0.15, -0.1) is 0 Å². The maximum Gasteiger partial charge on any atom is 0.0897 e. The zero-order valence-electron chi connectivity index (χ0n) is 15.1. The van der Waals surface area contributed by atoms with Gasteiger partial charge in [0.05, 0.1) is 12.8 Å². The second-order valence-corrected chi connectivity index (χ2v) is 7.72. The van der Waals surface area contributed by atoms with Gasteiger partial charge in [0.15, 0.2) is 0 Å². The highest BCUT2D eigenvalue weighted by molar-refractivity contribution is 4.91. The summed E-state index contributed by atoms with van der Waals surface area (Å²) in [7, 11) is 0. The Hall–Kier alpha value is -0.370. The van der Waals surface area contributed by atoms with Gasteiger partial charge in [0.1, 0.15) is 0 Å². The van der Waals surface area contributed by atoms with Crippen molar-refractivity contribution in [1.82, 2.24) is 0 Å². The van der Waals surface area contributed by atoms with Crippen molar-refractivity contribution in [2.45, 2.75) is 90.1 Å². The van der Waals surface area contributed by atoms with E-state index in [1.54, 1.807) is 0 Å². The Labute approximate surface area is 143 Å². The van der Waals surface area contributed by atoms with Gasteiger partial charge in [-0.05, 0) is 88.9 Å². The second-order valence-electron chi connectivity index (χ2n) is 7.72. The molecule has 0 aromatic heterocycles. The van der Waals surface area contributed by atoms with Crippen molar-refractivity contribution in [3.05, 3.63) is 12.2 Å². The molecule has 0 radical (unpaired) electrons. The predicted octanol–water partition coefficient (Wildman–Crippen LogP) is 6.47. The van der Waals surface area contributed by atoms with E-state index in [4.69, 9.17) is 4.74 Å². The molecule has 0 heterocycles. The fraction of sp³-hybridized carbons (Fsp3) is 0.905. The Bertz CT molecular complexity index is 312. The van der Waals surface area contributed by atoms with Gasteiger partial charge in [-0.2, -0.15) is 0 Å². The van der Waals surface area contributed by atoms with Crippen molar-refractivity contribution in [1.29, 1.82) is 0 Å². The average Bonchev–Trinajstić information content (AvgIpc) is 2.59. The molecular weight excluding hydrogens is 287 g/mol. The molecule has 2 aliphatic rings. The monoisotopic (exact) mass is 324 g/mol. The molecule has 0 amide bonds. The third-order valence-electron chi connectivity index (χ3n) is 5.98. The van der Waals surface area contributed by atoms with Gasteiger partial charge >= 0.3 is 0 Å². The fourth-order valence-electron chi connectivity index (χ4n) is 4.45. The molecule has 0 aromatic rings. The number of allylic oxidation sites excluding steroid dienone is 2. The molecule has 0 spiro atoms. The lowest BCUT2D eigenvalue weighted by atomic mass is 9.77. The van der Waals surface area contributed by atoms with Gasteiger partial charge in [-0.3, -0.25) is 4.39 Å². The van der Waals surface area contributed by atoms with Crippen molar-refractivity contribution in [3.63, 3.8) is 0 Å². The zero-order chi connectivity index (χ0) is 16.3. The van der Waals surface area contributed by atoms with Gasteiger partial charge in [-0.25, -0.2) is 0 Å². The van der Waals surface area contributed by atoms with Crippen LogP contribution < -0.4 is 0 Å². The minimum absolute atomic E-state index is 0.177. The summed E-state index contributed by atoms with van der Waals surface area (Å²) in [6.45, 7) is 2.81. The van der Waals surface area contributed by atoms with Crippen LogP contribution in [0.4, 0.5) is 4.39 Å². The number of rotatable bonds is 9. The smallest absolute Gasteiger partial charge is 0.0897 e. The number of hydrogen-bond donors (Lipinski definition) is 0. The molecular formula is C21H37FO. The fourth-order valence-corrected chi connectivity index (χ4v) is 4.45. The average molecular weight is 325 g/mol. The van der Waals surface area contributed by atoms with Crippen molar-refractivity contribution in [2.24, 2.45) is 17.8 Å². The molecule has 0 aromatic carbocycles. The summed E-state index contributed by atoms with van der Waals surface area (Å²) in [5, 5.41) is 0. The molecule has 0 unspecified atom stereocenters. The van der Waals surface area contributed by atoms with Gasteiger partial charge in [0.25, 0.3) is 0 Å². The summed E-state index contributed by atoms with van der Waals surface area (Å²) < 4.78 is 17.8. The summed E-state index contributed by atoms with van der Waals surface area (Å²) in [6, 6.07) is 0. The minimum atomic E-state index is -0.177. The molecule has 2 fully saturated rings. The quantitative estimate of drug-likeness (QED) is 0.348. The van der Waals surface area contributed by atoms with E-state index < -0.39 is 0 Å². The summed E-state index contributed by atoms with van der Waals surface area (Å²) in [5.41, 5.74) is 0. The Balaban J connectivity index is 1.54. The highest BCUT2D eigenvalue weighted by Crippen LogP contribution is 2.36. The first-order chi connectivity index (χ1) is 11.3. The van der Waals surface area contributed by atoms with E-state index in [2.05, 4.69) is 19.1 Å². The van der Waals surface area contributed by atoms with Gasteiger partial charge < -0.3 is 4.74 Å². The van der Waals surface area contributed by atoms with E-state index in [1.807, 2.05) is 0 Å². The van der Waals surface area contributed by atoms with Crippen molar-refractivity contribution in [3.8, 4) is 0 Å². The first kappa shape index (κ1) is 19.0. The number of hydrogen-bond acceptors (Lipinski definition) is 1. The normalized spacial score (nSPS) is 32.4. The maximum absolute atomic E-state index is 12.1. The highest BCUT2D eigenvalue weighted by atomic mass is 19.1. The van der Waals surface area contributed by atoms with Crippen LogP contribution >= 0.6 is 0 Å². The van der Waals surface area contributed by atoms with Crippen molar-refractivity contribution < 1.29 is 9.13 Å². The van der Waals surface area contributed by atoms with Crippen LogP contribution in [-0.4, -0.2) is 19.4 Å². The molecule has 1 nitrogen and oxygen atoms in total. The lowest BCUT2D eigenvalue weighted by Crippen LogP contribution is -2.22. The van der Waals surface area contributed by atoms with Crippen molar-refractivity contribution in [2.75, 3.05) is 13.3 Å². The van der Waals surface area contributed by atoms with Crippen molar-refractivity contribution >= 4 is 0 Å². The zero-order valence-corrected chi connectivity index (χ0v) is 15.1. The molecule has 0 aliphatic heterocycles. The van der Waals surface area contributed by atoms with Crippen LogP contribution in [0.2, 0.25) is 0 Å². The molecule has 23 heavy (non-hydrogen) atoms. The third kappa shape index (κ3) is 7.37. The molecule has 2 heteroatoms. The Kier molecular flexibility index (Phi) is 9.26. The van der Waals surface area contributed by atoms with Gasteiger partial charge in [0.2, 0.25) is 0 Å². The predicted molar refractivity (Wildman–Crippen MR) is 96.4 cm³/mol. The first-order valence-corrected chi connectivity index (χ1v) is 10.2. The largest absolute Gasteiger partial charge is 0.379 e. The molecule has 0 N–H and O–H groups in total. The summed E-state index contributed by atoms with van der Waals surface area (Å²) in [4.78, 5) is 0. The number of alkyl halides is 1. The molecule has 2 saturated carbocycles. The standard InChI is InChI=1S/C21H37FO/c1-2-23-21-15-13-20(14-16-21)12-11-19-9-7-18(8-10-19)6-4-3-5-17-22/h4,6,18-21H,2-3,5,7-17H2,1H3/b6-4+/t18?,19?,20-,21-. The van der Waals surface area contributed by atoms with Crippen LogP contribution in [0, 0.1) is 17.8 Å². The Morgan fingerprint density at radius 3 is 2.09 bits per heavy atom. The summed E-state index contributed by atoms with van der Waals surface area (Å²) >= 11 is 0. The minimum Gasteiger partial charge on any atom is -0.379 e. The van der Waals surface area contributed by atoms with Crippen LogP contribution in [0.15, 0.2) is 12.2 Å². The molecule has 0 bridgehead atoms. The number of unbranched alkanes of at least 4 members (excludes halogenated alkanes) is 1. The Morgan fingerprint density at radius 2 is 1.52 bits per heavy atom. The van der Waals surface area contributed by atoms with Crippen LogP contribution in [0.25, 0.3) is 0 Å². The van der Waals surface area contributed by atoms with E-state index in [1.165, 1.54) is 64.2 Å². The van der Waals surface area contributed by atoms with E-state index in [-0.39, 0.29) is 6.67 Å². The van der Waals surface area contributed by atoms with E-state index >= 15 is 0 Å². The SMILES string of the molecule is CCO[C@H]1CC[C@H](CCC2CCC(/C=C/CCCF)CC2)CC1. The molecule has 0 atom stereocenters. The van der Waals surface area contributed by atoms with Gasteiger partial charge in [0, 0.05) is 6.61 Å². The molecule has 2 rings (SSSR count). The topological polar surface area (TPSA) is 9.23 Å². The van der Waals surface area contributed by atoms with Crippen LogP contribution in [0.3, 0.4) is 0 Å². The third-order valence-corrected chi connectivity index (χ3v) is 5.98. The first-order valence-electron chi connectivity index (χ1n) is 10.2. The van der Waals surface area contributed by atoms with Gasteiger partial charge in [-0.1, -0.05) is 25.0 Å². The highest BCUT2D eigenvalue weighted by Gasteiger charge is 2.24. The molecule has 2 aliphatic carbocycles. The second kappa shape index (κ2) is 11.2. The molecule has 134 valence electrons. The lowest BCUT2D eigenvalue weighted by molar-refractivity contribution is 0.0239. The Morgan fingerprint density at radius 1 is 0.913 bits per heavy atom. The summed E-state index contributed by atoms with van der Waals surface area (Å²) in [5.74, 6) is 2.70. The number of halogens is 1. The van der Waals surface area contributed by atoms with Crippen LogP contribution in [0.1, 0.15) is 84.0 Å². The van der Waals surface area contributed by atoms with Crippen LogP contribution in [0.5, 0.6) is 0 Å². The maximum atomic E-state index is 12.1. The summed E-state index contributed by atoms with van der Waals surface area (Å²) in [6.07, 6.45) is 20.5.